The topological polar surface area (TPSA) is 32.3 Å². The van der Waals surface area contributed by atoms with Gasteiger partial charge in [0.05, 0.1) is 0 Å². The number of carbonyl (C=O) groups excluding carboxylic acids is 1. The number of piperidine rings is 1. The van der Waals surface area contributed by atoms with Gasteiger partial charge in [0.2, 0.25) is 0 Å². The van der Waals surface area contributed by atoms with Gasteiger partial charge in [0.15, 0.2) is 0 Å². The van der Waals surface area contributed by atoms with Crippen molar-refractivity contribution in [2.24, 2.45) is 5.92 Å². The van der Waals surface area contributed by atoms with Gasteiger partial charge < -0.3 is 10.2 Å². The lowest BCUT2D eigenvalue weighted by molar-refractivity contribution is 0.0704. The summed E-state index contributed by atoms with van der Waals surface area (Å²) in [5.41, 5.74) is 0.600. The highest BCUT2D eigenvalue weighted by atomic mass is 35.5. The number of hydrogen-bond acceptors (Lipinski definition) is 2. The standard InChI is InChI=1S/C16H20Cl2N2O/c17-13-6-12(7-14(18)8-13)16(21)20(15-3-4-15)10-11-2-1-5-19-9-11/h6-8,11,15,19H,1-5,9-10H2. The van der Waals surface area contributed by atoms with Crippen LogP contribution in [0.25, 0.3) is 0 Å². The van der Waals surface area contributed by atoms with Gasteiger partial charge in [-0.25, -0.2) is 0 Å². The molecule has 1 heterocycles. The summed E-state index contributed by atoms with van der Waals surface area (Å²) in [5.74, 6) is 0.616. The number of hydrogen-bond donors (Lipinski definition) is 1. The Labute approximate surface area is 135 Å². The van der Waals surface area contributed by atoms with Gasteiger partial charge in [-0.05, 0) is 62.9 Å². The molecular formula is C16H20Cl2N2O. The van der Waals surface area contributed by atoms with Gasteiger partial charge in [0.1, 0.15) is 0 Å². The van der Waals surface area contributed by atoms with E-state index in [1.807, 2.05) is 4.90 Å². The summed E-state index contributed by atoms with van der Waals surface area (Å²) >= 11 is 12.0. The monoisotopic (exact) mass is 326 g/mol. The number of halogens is 2. The van der Waals surface area contributed by atoms with E-state index in [9.17, 15) is 4.79 Å². The summed E-state index contributed by atoms with van der Waals surface area (Å²) in [5, 5.41) is 4.45. The molecule has 1 aliphatic heterocycles. The van der Waals surface area contributed by atoms with Crippen LogP contribution in [-0.4, -0.2) is 36.5 Å². The lowest BCUT2D eigenvalue weighted by Gasteiger charge is -2.30. The van der Waals surface area contributed by atoms with Gasteiger partial charge in [0, 0.05) is 28.2 Å². The largest absolute Gasteiger partial charge is 0.335 e. The predicted octanol–water partition coefficient (Wildman–Crippen LogP) is 3.60. The van der Waals surface area contributed by atoms with Gasteiger partial charge >= 0.3 is 0 Å². The van der Waals surface area contributed by atoms with Crippen molar-refractivity contribution in [2.75, 3.05) is 19.6 Å². The first-order valence-corrected chi connectivity index (χ1v) is 8.37. The summed E-state index contributed by atoms with van der Waals surface area (Å²) in [6.07, 6.45) is 4.61. The van der Waals surface area contributed by atoms with E-state index in [0.29, 0.717) is 27.6 Å². The van der Waals surface area contributed by atoms with Gasteiger partial charge in [-0.15, -0.1) is 0 Å². The zero-order chi connectivity index (χ0) is 14.8. The molecule has 1 saturated carbocycles. The van der Waals surface area contributed by atoms with Gasteiger partial charge in [-0.2, -0.15) is 0 Å². The second-order valence-electron chi connectivity index (χ2n) is 6.06. The van der Waals surface area contributed by atoms with Crippen LogP contribution in [-0.2, 0) is 0 Å². The van der Waals surface area contributed by atoms with E-state index >= 15 is 0 Å². The number of carbonyl (C=O) groups is 1. The van der Waals surface area contributed by atoms with Gasteiger partial charge in [-0.3, -0.25) is 4.79 Å². The van der Waals surface area contributed by atoms with Crippen LogP contribution in [0.3, 0.4) is 0 Å². The zero-order valence-corrected chi connectivity index (χ0v) is 13.5. The van der Waals surface area contributed by atoms with Crippen molar-refractivity contribution >= 4 is 29.1 Å². The molecule has 2 aliphatic rings. The average Bonchev–Trinajstić information content (AvgIpc) is 3.29. The number of nitrogens with one attached hydrogen (secondary N) is 1. The number of rotatable bonds is 4. The molecule has 3 nitrogen and oxygen atoms in total. The van der Waals surface area contributed by atoms with Crippen LogP contribution < -0.4 is 5.32 Å². The summed E-state index contributed by atoms with van der Waals surface area (Å²) in [7, 11) is 0. The summed E-state index contributed by atoms with van der Waals surface area (Å²) in [4.78, 5) is 14.8. The lowest BCUT2D eigenvalue weighted by Crippen LogP contribution is -2.42. The molecule has 0 radical (unpaired) electrons. The Hall–Kier alpha value is -0.770. The molecule has 2 fully saturated rings. The minimum absolute atomic E-state index is 0.0625. The van der Waals surface area contributed by atoms with Crippen LogP contribution in [0.5, 0.6) is 0 Å². The van der Waals surface area contributed by atoms with E-state index in [0.717, 1.165) is 32.5 Å². The molecule has 0 aromatic heterocycles. The molecule has 5 heteroatoms. The van der Waals surface area contributed by atoms with Crippen LogP contribution in [0.2, 0.25) is 10.0 Å². The van der Waals surface area contributed by atoms with Crippen molar-refractivity contribution in [3.63, 3.8) is 0 Å². The molecule has 1 aromatic rings. The van der Waals surface area contributed by atoms with Gasteiger partial charge in [0.25, 0.3) is 5.91 Å². The van der Waals surface area contributed by atoms with E-state index in [1.54, 1.807) is 18.2 Å². The van der Waals surface area contributed by atoms with Crippen molar-refractivity contribution in [1.29, 1.82) is 0 Å². The summed E-state index contributed by atoms with van der Waals surface area (Å²) in [6.45, 7) is 2.94. The minimum Gasteiger partial charge on any atom is -0.335 e. The highest BCUT2D eigenvalue weighted by molar-refractivity contribution is 6.35. The van der Waals surface area contributed by atoms with Crippen LogP contribution in [0.15, 0.2) is 18.2 Å². The van der Waals surface area contributed by atoms with Crippen LogP contribution >= 0.6 is 23.2 Å². The molecule has 21 heavy (non-hydrogen) atoms. The molecule has 1 amide bonds. The zero-order valence-electron chi connectivity index (χ0n) is 11.9. The quantitative estimate of drug-likeness (QED) is 0.916. The Kier molecular flexibility index (Phi) is 4.72. The fraction of sp³-hybridized carbons (Fsp3) is 0.562. The fourth-order valence-electron chi connectivity index (χ4n) is 2.99. The third-order valence-corrected chi connectivity index (χ3v) is 4.65. The third kappa shape index (κ3) is 3.91. The molecular weight excluding hydrogens is 307 g/mol. The van der Waals surface area contributed by atoms with E-state index < -0.39 is 0 Å². The normalized spacial score (nSPS) is 22.1. The van der Waals surface area contributed by atoms with Crippen molar-refractivity contribution in [2.45, 2.75) is 31.7 Å². The fourth-order valence-corrected chi connectivity index (χ4v) is 3.51. The number of benzene rings is 1. The maximum atomic E-state index is 12.8. The summed E-state index contributed by atoms with van der Waals surface area (Å²) < 4.78 is 0. The molecule has 114 valence electrons. The molecule has 3 rings (SSSR count). The van der Waals surface area contributed by atoms with E-state index in [4.69, 9.17) is 23.2 Å². The Balaban J connectivity index is 1.74. The Morgan fingerprint density at radius 2 is 1.90 bits per heavy atom. The lowest BCUT2D eigenvalue weighted by atomic mass is 9.98. The second kappa shape index (κ2) is 6.55. The molecule has 1 aromatic carbocycles. The SMILES string of the molecule is O=C(c1cc(Cl)cc(Cl)c1)N(CC1CCCNC1)C1CC1. The second-order valence-corrected chi connectivity index (χ2v) is 6.93. The van der Waals surface area contributed by atoms with Crippen molar-refractivity contribution in [1.82, 2.24) is 10.2 Å². The van der Waals surface area contributed by atoms with E-state index in [1.165, 1.54) is 12.8 Å². The first-order valence-electron chi connectivity index (χ1n) is 7.61. The molecule has 0 spiro atoms. The Morgan fingerprint density at radius 1 is 1.19 bits per heavy atom. The molecule has 1 unspecified atom stereocenters. The number of nitrogens with zero attached hydrogens (tertiary/aromatic N) is 1. The van der Waals surface area contributed by atoms with Crippen molar-refractivity contribution in [3.8, 4) is 0 Å². The first-order chi connectivity index (χ1) is 10.1. The van der Waals surface area contributed by atoms with E-state index in [-0.39, 0.29) is 5.91 Å². The first kappa shape index (κ1) is 15.1. The molecule has 0 bridgehead atoms. The maximum absolute atomic E-state index is 12.8. The van der Waals surface area contributed by atoms with E-state index in [2.05, 4.69) is 5.32 Å². The highest BCUT2D eigenvalue weighted by Gasteiger charge is 2.34. The molecule has 1 saturated heterocycles. The minimum atomic E-state index is 0.0625. The van der Waals surface area contributed by atoms with Crippen molar-refractivity contribution < 1.29 is 4.79 Å². The average molecular weight is 327 g/mol. The maximum Gasteiger partial charge on any atom is 0.254 e. The smallest absolute Gasteiger partial charge is 0.254 e. The third-order valence-electron chi connectivity index (χ3n) is 4.21. The van der Waals surface area contributed by atoms with Crippen molar-refractivity contribution in [3.05, 3.63) is 33.8 Å². The number of amides is 1. The Morgan fingerprint density at radius 3 is 2.48 bits per heavy atom. The molecule has 1 N–H and O–H groups in total. The van der Waals surface area contributed by atoms with Gasteiger partial charge in [-0.1, -0.05) is 23.2 Å². The molecule has 1 atom stereocenters. The van der Waals surface area contributed by atoms with Crippen LogP contribution in [0, 0.1) is 5.92 Å². The Bertz CT molecular complexity index is 505. The summed E-state index contributed by atoms with van der Waals surface area (Å²) in [6, 6.07) is 5.48. The van der Waals surface area contributed by atoms with Crippen LogP contribution in [0.4, 0.5) is 0 Å². The highest BCUT2D eigenvalue weighted by Crippen LogP contribution is 2.31. The van der Waals surface area contributed by atoms with Crippen LogP contribution in [0.1, 0.15) is 36.0 Å². The predicted molar refractivity (Wildman–Crippen MR) is 86.1 cm³/mol. The molecule has 1 aliphatic carbocycles.